The molecule has 0 fully saturated rings. The highest BCUT2D eigenvalue weighted by molar-refractivity contribution is 7.39. The molecule has 0 amide bonds. The molecule has 266 valence electrons. The van der Waals surface area contributed by atoms with Crippen LogP contribution in [-0.4, -0.2) is 9.79 Å². The van der Waals surface area contributed by atoms with Gasteiger partial charge in [0, 0.05) is 0 Å². The standard InChI is InChI=1S/C43H71O3P/c1-14-15-16-17-18-19-20-21-22-23-26-43(46-47(44)45)37-31(27-33(39(2,3)4)29-35(37)41(8,9)10)24-25-32-28-34(40(5,6)7)30-36(38(32)43)42(11,12)13/h27-30,44-45H,14-26H2,1-13H3. The molecular formula is C43H71O3P. The first-order valence-electron chi connectivity index (χ1n) is 18.9. The lowest BCUT2D eigenvalue weighted by Crippen LogP contribution is -2.38. The van der Waals surface area contributed by atoms with Gasteiger partial charge in [0.15, 0.2) is 0 Å². The third-order valence-corrected chi connectivity index (χ3v) is 10.9. The van der Waals surface area contributed by atoms with Crippen molar-refractivity contribution < 1.29 is 14.3 Å². The predicted octanol–water partition coefficient (Wildman–Crippen LogP) is 12.8. The van der Waals surface area contributed by atoms with Crippen molar-refractivity contribution in [3.8, 4) is 0 Å². The van der Waals surface area contributed by atoms with Crippen LogP contribution in [0.3, 0.4) is 0 Å². The van der Waals surface area contributed by atoms with Crippen molar-refractivity contribution in [2.45, 2.75) is 201 Å². The van der Waals surface area contributed by atoms with Crippen molar-refractivity contribution in [2.75, 3.05) is 0 Å². The maximum atomic E-state index is 10.9. The van der Waals surface area contributed by atoms with Gasteiger partial charge in [-0.15, -0.1) is 0 Å². The highest BCUT2D eigenvalue weighted by Gasteiger charge is 2.48. The van der Waals surface area contributed by atoms with Gasteiger partial charge in [-0.25, -0.2) is 0 Å². The summed E-state index contributed by atoms with van der Waals surface area (Å²) >= 11 is 0. The summed E-state index contributed by atoms with van der Waals surface area (Å²) in [6, 6.07) is 9.67. The minimum atomic E-state index is -2.63. The molecular weight excluding hydrogens is 595 g/mol. The number of fused-ring (bicyclic) bond motifs is 2. The molecule has 0 atom stereocenters. The van der Waals surface area contributed by atoms with Crippen molar-refractivity contribution in [1.82, 2.24) is 0 Å². The summed E-state index contributed by atoms with van der Waals surface area (Å²) in [5.74, 6) is 0. The Morgan fingerprint density at radius 3 is 1.23 bits per heavy atom. The Morgan fingerprint density at radius 2 is 0.915 bits per heavy atom. The van der Waals surface area contributed by atoms with Crippen LogP contribution >= 0.6 is 8.60 Å². The fourth-order valence-electron chi connectivity index (χ4n) is 7.58. The van der Waals surface area contributed by atoms with Gasteiger partial charge in [0.25, 0.3) is 0 Å². The van der Waals surface area contributed by atoms with E-state index in [0.717, 1.165) is 32.1 Å². The zero-order valence-corrected chi connectivity index (χ0v) is 33.6. The number of hydrogen-bond acceptors (Lipinski definition) is 3. The second-order valence-corrected chi connectivity index (χ2v) is 19.4. The normalized spacial score (nSPS) is 15.5. The van der Waals surface area contributed by atoms with Crippen LogP contribution < -0.4 is 0 Å². The van der Waals surface area contributed by atoms with E-state index in [9.17, 15) is 9.79 Å². The molecule has 2 aromatic rings. The second-order valence-electron chi connectivity index (χ2n) is 18.7. The van der Waals surface area contributed by atoms with Gasteiger partial charge in [0.1, 0.15) is 5.60 Å². The Bertz CT molecular complexity index is 1230. The van der Waals surface area contributed by atoms with Gasteiger partial charge in [-0.1, -0.05) is 172 Å². The number of unbranched alkanes of at least 4 members (excludes halogenated alkanes) is 9. The third-order valence-electron chi connectivity index (χ3n) is 10.4. The van der Waals surface area contributed by atoms with Gasteiger partial charge < -0.3 is 9.79 Å². The van der Waals surface area contributed by atoms with Crippen LogP contribution in [-0.2, 0) is 44.6 Å². The average molecular weight is 667 g/mol. The minimum Gasteiger partial charge on any atom is -0.328 e. The largest absolute Gasteiger partial charge is 0.328 e. The highest BCUT2D eigenvalue weighted by atomic mass is 31.2. The lowest BCUT2D eigenvalue weighted by Gasteiger charge is -2.43. The molecule has 0 saturated carbocycles. The first-order chi connectivity index (χ1) is 21.6. The molecule has 2 N–H and O–H groups in total. The van der Waals surface area contributed by atoms with Gasteiger partial charge in [0.2, 0.25) is 0 Å². The summed E-state index contributed by atoms with van der Waals surface area (Å²) < 4.78 is 6.79. The molecule has 4 heteroatoms. The summed E-state index contributed by atoms with van der Waals surface area (Å²) in [6.45, 7) is 29.9. The smallest absolute Gasteiger partial charge is 0.328 e. The Morgan fingerprint density at radius 1 is 0.553 bits per heavy atom. The Kier molecular flexibility index (Phi) is 13.5. The maximum absolute atomic E-state index is 10.9. The molecule has 1 aliphatic carbocycles. The summed E-state index contributed by atoms with van der Waals surface area (Å²) in [5.41, 5.74) is 8.92. The van der Waals surface area contributed by atoms with E-state index in [4.69, 9.17) is 4.52 Å². The van der Waals surface area contributed by atoms with E-state index in [1.165, 1.54) is 95.9 Å². The van der Waals surface area contributed by atoms with E-state index in [1.807, 2.05) is 0 Å². The zero-order valence-electron chi connectivity index (χ0n) is 32.8. The molecule has 1 aliphatic rings. The summed E-state index contributed by atoms with van der Waals surface area (Å²) in [7, 11) is -2.63. The summed E-state index contributed by atoms with van der Waals surface area (Å²) in [4.78, 5) is 21.9. The minimum absolute atomic E-state index is 0.00913. The van der Waals surface area contributed by atoms with Crippen molar-refractivity contribution >= 4 is 8.60 Å². The van der Waals surface area contributed by atoms with Crippen molar-refractivity contribution in [1.29, 1.82) is 0 Å². The molecule has 0 bridgehead atoms. The van der Waals surface area contributed by atoms with Crippen LogP contribution in [0.1, 0.15) is 205 Å². The van der Waals surface area contributed by atoms with Crippen molar-refractivity contribution in [3.05, 3.63) is 68.8 Å². The molecule has 0 spiro atoms. The summed E-state index contributed by atoms with van der Waals surface area (Å²) in [6.07, 6.45) is 15.1. The monoisotopic (exact) mass is 667 g/mol. The third kappa shape index (κ3) is 10.2. The van der Waals surface area contributed by atoms with Gasteiger partial charge in [-0.05, 0) is 91.9 Å². The quantitative estimate of drug-likeness (QED) is 0.165. The fourth-order valence-corrected chi connectivity index (χ4v) is 8.14. The van der Waals surface area contributed by atoms with Crippen LogP contribution in [0, 0.1) is 0 Å². The van der Waals surface area contributed by atoms with Gasteiger partial charge in [0.05, 0.1) is 0 Å². The molecule has 0 heterocycles. The van der Waals surface area contributed by atoms with Crippen LogP contribution in [0.25, 0.3) is 0 Å². The first kappa shape index (κ1) is 40.2. The Labute approximate surface area is 291 Å². The van der Waals surface area contributed by atoms with E-state index in [-0.39, 0.29) is 21.7 Å². The number of rotatable bonds is 13. The molecule has 3 nitrogen and oxygen atoms in total. The number of hydrogen-bond donors (Lipinski definition) is 2. The maximum Gasteiger partial charge on any atom is 0.328 e. The number of benzene rings is 2. The molecule has 2 aromatic carbocycles. The number of aryl methyl sites for hydroxylation is 2. The SMILES string of the molecule is CCCCCCCCCCCCC1(OP(O)O)c2c(cc(C(C)(C)C)cc2C(C)(C)C)CCc2cc(C(C)(C)C)cc(C(C)(C)C)c21. The molecule has 0 unspecified atom stereocenters. The van der Waals surface area contributed by atoms with Crippen LogP contribution in [0.15, 0.2) is 24.3 Å². The van der Waals surface area contributed by atoms with Crippen LogP contribution in [0.2, 0.25) is 0 Å². The zero-order chi connectivity index (χ0) is 35.4. The lowest BCUT2D eigenvalue weighted by molar-refractivity contribution is 0.0749. The molecule has 47 heavy (non-hydrogen) atoms. The van der Waals surface area contributed by atoms with E-state index in [1.54, 1.807) is 0 Å². The second kappa shape index (κ2) is 15.7. The van der Waals surface area contributed by atoms with Gasteiger partial charge in [-0.3, -0.25) is 4.52 Å². The topological polar surface area (TPSA) is 49.7 Å². The Hall–Kier alpha value is -1.25. The van der Waals surface area contributed by atoms with Gasteiger partial charge in [-0.2, -0.15) is 0 Å². The molecule has 0 aliphatic heterocycles. The van der Waals surface area contributed by atoms with E-state index >= 15 is 0 Å². The predicted molar refractivity (Wildman–Crippen MR) is 205 cm³/mol. The van der Waals surface area contributed by atoms with Gasteiger partial charge >= 0.3 is 8.60 Å². The van der Waals surface area contributed by atoms with Crippen molar-refractivity contribution in [2.24, 2.45) is 0 Å². The highest BCUT2D eigenvalue weighted by Crippen LogP contribution is 2.56. The van der Waals surface area contributed by atoms with E-state index in [2.05, 4.69) is 114 Å². The first-order valence-corrected chi connectivity index (χ1v) is 20.0. The summed E-state index contributed by atoms with van der Waals surface area (Å²) in [5, 5.41) is 0. The van der Waals surface area contributed by atoms with E-state index in [0.29, 0.717) is 0 Å². The van der Waals surface area contributed by atoms with Crippen LogP contribution in [0.4, 0.5) is 0 Å². The lowest BCUT2D eigenvalue weighted by atomic mass is 9.66. The molecule has 0 aromatic heterocycles. The Balaban J connectivity index is 2.30. The molecule has 0 saturated heterocycles. The average Bonchev–Trinajstić information content (AvgIpc) is 3.06. The molecule has 0 radical (unpaired) electrons. The fraction of sp³-hybridized carbons (Fsp3) is 0.721. The van der Waals surface area contributed by atoms with Crippen LogP contribution in [0.5, 0.6) is 0 Å². The van der Waals surface area contributed by atoms with Crippen molar-refractivity contribution in [3.63, 3.8) is 0 Å². The molecule has 3 rings (SSSR count). The van der Waals surface area contributed by atoms with E-state index < -0.39 is 14.2 Å².